The van der Waals surface area contributed by atoms with Crippen molar-refractivity contribution in [2.75, 3.05) is 18.6 Å². The maximum Gasteiger partial charge on any atom is 0.264 e. The number of ether oxygens (including phenoxy) is 1. The van der Waals surface area contributed by atoms with Crippen LogP contribution in [0.5, 0.6) is 5.75 Å². The normalized spacial score (nSPS) is 18.7. The third-order valence-corrected chi connectivity index (χ3v) is 4.78. The molecule has 0 radical (unpaired) electrons. The average Bonchev–Trinajstić information content (AvgIpc) is 2.88. The van der Waals surface area contributed by atoms with E-state index >= 15 is 0 Å². The number of aliphatic hydroxyl groups is 1. The lowest BCUT2D eigenvalue weighted by atomic mass is 9.88. The summed E-state index contributed by atoms with van der Waals surface area (Å²) in [5, 5.41) is 11.2. The second kappa shape index (κ2) is 7.30. The highest BCUT2D eigenvalue weighted by atomic mass is 16.5. The van der Waals surface area contributed by atoms with Crippen molar-refractivity contribution in [1.82, 2.24) is 0 Å². The number of nitrogens with zero attached hydrogens (tertiary/aromatic N) is 1. The minimum absolute atomic E-state index is 0.293. The minimum atomic E-state index is -1.83. The molecule has 1 heterocycles. The molecule has 1 aliphatic rings. The lowest BCUT2D eigenvalue weighted by Crippen LogP contribution is -2.42. The minimum Gasteiger partial charge on any atom is -0.497 e. The van der Waals surface area contributed by atoms with Gasteiger partial charge in [0.15, 0.2) is 11.4 Å². The van der Waals surface area contributed by atoms with Crippen LogP contribution in [0.15, 0.2) is 48.5 Å². The van der Waals surface area contributed by atoms with Gasteiger partial charge in [0.05, 0.1) is 19.2 Å². The van der Waals surface area contributed by atoms with Gasteiger partial charge < -0.3 is 14.7 Å². The summed E-state index contributed by atoms with van der Waals surface area (Å²) < 4.78 is 5.15. The Hall–Kier alpha value is -2.66. The van der Waals surface area contributed by atoms with Crippen LogP contribution in [0.25, 0.3) is 0 Å². The van der Waals surface area contributed by atoms with Crippen molar-refractivity contribution in [2.45, 2.75) is 31.8 Å². The average molecular weight is 353 g/mol. The number of rotatable bonds is 7. The van der Waals surface area contributed by atoms with Crippen molar-refractivity contribution in [3.63, 3.8) is 0 Å². The van der Waals surface area contributed by atoms with E-state index < -0.39 is 11.5 Å². The molecule has 0 bridgehead atoms. The molecule has 0 spiro atoms. The van der Waals surface area contributed by atoms with Crippen LogP contribution >= 0.6 is 0 Å². The Balaban J connectivity index is 1.92. The second-order valence-electron chi connectivity index (χ2n) is 6.52. The predicted octanol–water partition coefficient (Wildman–Crippen LogP) is 3.30. The number of para-hydroxylation sites is 1. The van der Waals surface area contributed by atoms with Gasteiger partial charge in [0.2, 0.25) is 0 Å². The molecule has 26 heavy (non-hydrogen) atoms. The molecule has 2 aromatic carbocycles. The van der Waals surface area contributed by atoms with E-state index in [4.69, 9.17) is 4.74 Å². The number of hydrogen-bond acceptors (Lipinski definition) is 4. The van der Waals surface area contributed by atoms with E-state index in [2.05, 4.69) is 0 Å². The first kappa shape index (κ1) is 18.1. The Labute approximate surface area is 153 Å². The van der Waals surface area contributed by atoms with Crippen LogP contribution in [0.4, 0.5) is 5.69 Å². The molecule has 0 fully saturated rings. The number of methoxy groups -OCH3 is 1. The lowest BCUT2D eigenvalue weighted by molar-refractivity contribution is -0.135. The fourth-order valence-electron chi connectivity index (χ4n) is 3.35. The number of carbonyl (C=O) groups is 2. The number of hydrogen-bond donors (Lipinski definition) is 1. The van der Waals surface area contributed by atoms with Crippen molar-refractivity contribution in [2.24, 2.45) is 0 Å². The molecular formula is C21H23NO4. The van der Waals surface area contributed by atoms with Gasteiger partial charge in [-0.15, -0.1) is 0 Å². The van der Waals surface area contributed by atoms with Gasteiger partial charge >= 0.3 is 0 Å². The topological polar surface area (TPSA) is 66.8 Å². The summed E-state index contributed by atoms with van der Waals surface area (Å²) in [6.45, 7) is 2.58. The first-order chi connectivity index (χ1) is 12.5. The van der Waals surface area contributed by atoms with Gasteiger partial charge in [0.1, 0.15) is 5.75 Å². The fourth-order valence-corrected chi connectivity index (χ4v) is 3.35. The van der Waals surface area contributed by atoms with Crippen LogP contribution < -0.4 is 9.64 Å². The molecule has 1 amide bonds. The van der Waals surface area contributed by atoms with E-state index in [0.29, 0.717) is 29.1 Å². The molecule has 1 N–H and O–H groups in total. The number of amides is 1. The number of fused-ring (bicyclic) bond motifs is 1. The Morgan fingerprint density at radius 3 is 2.69 bits per heavy atom. The Bertz CT molecular complexity index is 832. The number of benzene rings is 2. The van der Waals surface area contributed by atoms with Crippen LogP contribution in [0, 0.1) is 0 Å². The third-order valence-electron chi connectivity index (χ3n) is 4.78. The van der Waals surface area contributed by atoms with Crippen molar-refractivity contribution in [1.29, 1.82) is 0 Å². The first-order valence-electron chi connectivity index (χ1n) is 8.82. The maximum atomic E-state index is 13.0. The summed E-state index contributed by atoms with van der Waals surface area (Å²) >= 11 is 0. The first-order valence-corrected chi connectivity index (χ1v) is 8.82. The van der Waals surface area contributed by atoms with Gasteiger partial charge in [-0.25, -0.2) is 0 Å². The zero-order valence-corrected chi connectivity index (χ0v) is 15.1. The molecule has 0 saturated heterocycles. The highest BCUT2D eigenvalue weighted by molar-refractivity contribution is 6.10. The quantitative estimate of drug-likeness (QED) is 0.776. The number of carbonyl (C=O) groups excluding carboxylic acids is 2. The molecule has 0 aliphatic carbocycles. The number of ketones is 1. The largest absolute Gasteiger partial charge is 0.497 e. The number of unbranched alkanes of at least 4 members (excludes halogenated alkanes) is 1. The van der Waals surface area contributed by atoms with E-state index in [9.17, 15) is 14.7 Å². The maximum absolute atomic E-state index is 13.0. The van der Waals surface area contributed by atoms with Gasteiger partial charge in [-0.1, -0.05) is 43.7 Å². The Kier molecular flexibility index (Phi) is 5.09. The fraction of sp³-hybridized carbons (Fsp3) is 0.333. The van der Waals surface area contributed by atoms with Crippen LogP contribution in [0.1, 0.15) is 42.1 Å². The summed E-state index contributed by atoms with van der Waals surface area (Å²) in [5.41, 5.74) is -0.232. The van der Waals surface area contributed by atoms with Crippen LogP contribution in [0.3, 0.4) is 0 Å². The molecule has 5 heteroatoms. The molecule has 0 saturated carbocycles. The SMILES string of the molecule is CCCCN1C(=O)C(O)(CC(=O)c2cccc(OC)c2)c2ccccc21. The summed E-state index contributed by atoms with van der Waals surface area (Å²) in [4.78, 5) is 27.3. The zero-order chi connectivity index (χ0) is 18.7. The molecule has 3 rings (SSSR count). The van der Waals surface area contributed by atoms with E-state index in [-0.39, 0.29) is 12.2 Å². The van der Waals surface area contributed by atoms with E-state index in [0.717, 1.165) is 12.8 Å². The highest BCUT2D eigenvalue weighted by Gasteiger charge is 2.50. The molecule has 0 aromatic heterocycles. The van der Waals surface area contributed by atoms with Gasteiger partial charge in [-0.05, 0) is 24.6 Å². The molecule has 2 aromatic rings. The van der Waals surface area contributed by atoms with Gasteiger partial charge in [0, 0.05) is 17.7 Å². The summed E-state index contributed by atoms with van der Waals surface area (Å²) in [6.07, 6.45) is 1.48. The standard InChI is InChI=1S/C21H23NO4/c1-3-4-12-22-18-11-6-5-10-17(18)21(25,20(22)24)14-19(23)15-8-7-9-16(13-15)26-2/h5-11,13,25H,3-4,12,14H2,1-2H3. The van der Waals surface area contributed by atoms with E-state index in [1.165, 1.54) is 7.11 Å². The zero-order valence-electron chi connectivity index (χ0n) is 15.1. The predicted molar refractivity (Wildman–Crippen MR) is 99.5 cm³/mol. The highest BCUT2D eigenvalue weighted by Crippen LogP contribution is 2.43. The smallest absolute Gasteiger partial charge is 0.264 e. The van der Waals surface area contributed by atoms with E-state index in [1.807, 2.05) is 19.1 Å². The van der Waals surface area contributed by atoms with Crippen LogP contribution in [0.2, 0.25) is 0 Å². The summed E-state index contributed by atoms with van der Waals surface area (Å²) in [6, 6.07) is 13.9. The van der Waals surface area contributed by atoms with Crippen molar-refractivity contribution >= 4 is 17.4 Å². The summed E-state index contributed by atoms with van der Waals surface area (Å²) in [5.74, 6) is -0.166. The number of anilines is 1. The third kappa shape index (κ3) is 3.10. The molecule has 136 valence electrons. The van der Waals surface area contributed by atoms with Crippen molar-refractivity contribution < 1.29 is 19.4 Å². The summed E-state index contributed by atoms with van der Waals surface area (Å²) in [7, 11) is 1.53. The van der Waals surface area contributed by atoms with Gasteiger partial charge in [0.25, 0.3) is 5.91 Å². The van der Waals surface area contributed by atoms with Gasteiger partial charge in [-0.3, -0.25) is 9.59 Å². The molecular weight excluding hydrogens is 330 g/mol. The molecule has 5 nitrogen and oxygen atoms in total. The van der Waals surface area contributed by atoms with Crippen molar-refractivity contribution in [3.8, 4) is 5.75 Å². The molecule has 1 aliphatic heterocycles. The van der Waals surface area contributed by atoms with Gasteiger partial charge in [-0.2, -0.15) is 0 Å². The van der Waals surface area contributed by atoms with Crippen LogP contribution in [-0.2, 0) is 10.4 Å². The molecule has 1 unspecified atom stereocenters. The Morgan fingerprint density at radius 1 is 1.19 bits per heavy atom. The van der Waals surface area contributed by atoms with Crippen LogP contribution in [-0.4, -0.2) is 30.5 Å². The molecule has 1 atom stereocenters. The monoisotopic (exact) mass is 353 g/mol. The van der Waals surface area contributed by atoms with E-state index in [1.54, 1.807) is 41.3 Å². The Morgan fingerprint density at radius 2 is 1.96 bits per heavy atom. The lowest BCUT2D eigenvalue weighted by Gasteiger charge is -2.22. The second-order valence-corrected chi connectivity index (χ2v) is 6.52. The number of Topliss-reactive ketones (excluding diaryl/α,β-unsaturated/α-hetero) is 1. The van der Waals surface area contributed by atoms with Crippen molar-refractivity contribution in [3.05, 3.63) is 59.7 Å².